The summed E-state index contributed by atoms with van der Waals surface area (Å²) in [4.78, 5) is 44.4. The van der Waals surface area contributed by atoms with Crippen molar-refractivity contribution in [2.75, 3.05) is 27.9 Å². The minimum atomic E-state index is -2.47. The molecule has 14 atom stereocenters. The molecule has 0 spiro atoms. The Morgan fingerprint density at radius 1 is 0.898 bits per heavy atom. The van der Waals surface area contributed by atoms with Crippen LogP contribution in [0.3, 0.4) is 0 Å². The standard InChI is InChI=1S/C47H77NO11/c1-12-29(5)35-26-38(50)32(8)42(30(6)23-33-17-18-37(49)39(25-33)55-9)58-46(53)36-16-14-15-19-48(36)45(52)44(51)47(54)31(7)24-41(57-11)43(59-47)40(56-10)22-28(4)20-27(3)21-34(35)13-2/h21,23,28,31-34,36-43,49-50,54H,12-20,22,24-26H2,1-11H3. The van der Waals surface area contributed by atoms with E-state index in [0.29, 0.717) is 38.5 Å². The largest absolute Gasteiger partial charge is 0.456 e. The molecule has 3 heterocycles. The van der Waals surface area contributed by atoms with E-state index in [2.05, 4.69) is 46.8 Å². The van der Waals surface area contributed by atoms with E-state index in [4.69, 9.17) is 23.7 Å². The van der Waals surface area contributed by atoms with Gasteiger partial charge in [-0.15, -0.1) is 0 Å². The number of methoxy groups -OCH3 is 3. The van der Waals surface area contributed by atoms with Gasteiger partial charge in [0.2, 0.25) is 5.79 Å². The molecule has 0 radical (unpaired) electrons. The van der Waals surface area contributed by atoms with E-state index in [0.717, 1.165) is 31.3 Å². The molecule has 59 heavy (non-hydrogen) atoms. The van der Waals surface area contributed by atoms with Gasteiger partial charge in [-0.3, -0.25) is 9.59 Å². The van der Waals surface area contributed by atoms with Crippen molar-refractivity contribution in [3.05, 3.63) is 34.4 Å². The molecule has 2 saturated heterocycles. The maximum atomic E-state index is 14.5. The number of aliphatic hydroxyl groups excluding tert-OH is 2. The molecular weight excluding hydrogens is 755 g/mol. The molecule has 0 aromatic heterocycles. The van der Waals surface area contributed by atoms with Crippen LogP contribution in [0.5, 0.6) is 0 Å². The van der Waals surface area contributed by atoms with Gasteiger partial charge in [-0.05, 0) is 121 Å². The van der Waals surface area contributed by atoms with E-state index in [9.17, 15) is 29.7 Å². The molecule has 0 aromatic carbocycles. The van der Waals surface area contributed by atoms with Gasteiger partial charge >= 0.3 is 5.97 Å². The number of amides is 1. The number of hydrogen-bond donors (Lipinski definition) is 3. The molecule has 2 bridgehead atoms. The summed E-state index contributed by atoms with van der Waals surface area (Å²) in [5, 5.41) is 34.8. The Bertz CT molecular complexity index is 1520. The predicted molar refractivity (Wildman–Crippen MR) is 226 cm³/mol. The number of carbonyl (C=O) groups excluding carboxylic acids is 3. The molecule has 336 valence electrons. The van der Waals surface area contributed by atoms with Crippen molar-refractivity contribution in [1.29, 1.82) is 0 Å². The van der Waals surface area contributed by atoms with E-state index in [1.807, 2.05) is 13.8 Å². The van der Waals surface area contributed by atoms with Gasteiger partial charge in [-0.2, -0.15) is 0 Å². The predicted octanol–water partition coefficient (Wildman–Crippen LogP) is 6.63. The van der Waals surface area contributed by atoms with Crippen molar-refractivity contribution in [2.45, 2.75) is 187 Å². The summed E-state index contributed by atoms with van der Waals surface area (Å²) in [7, 11) is 4.74. The first kappa shape index (κ1) is 49.2. The maximum absolute atomic E-state index is 14.5. The fourth-order valence-electron chi connectivity index (χ4n) is 10.2. The van der Waals surface area contributed by atoms with Crippen LogP contribution in [0.4, 0.5) is 0 Å². The molecule has 14 unspecified atom stereocenters. The van der Waals surface area contributed by atoms with E-state index >= 15 is 0 Å². The Morgan fingerprint density at radius 3 is 2.19 bits per heavy atom. The summed E-state index contributed by atoms with van der Waals surface area (Å²) in [5.74, 6) is -6.34. The number of fused-ring (bicyclic) bond motifs is 3. The number of cyclic esters (lactones) is 1. The average molecular weight is 832 g/mol. The van der Waals surface area contributed by atoms with Gasteiger partial charge in [0.1, 0.15) is 18.2 Å². The second-order valence-electron chi connectivity index (χ2n) is 18.3. The van der Waals surface area contributed by atoms with E-state index in [1.165, 1.54) is 21.6 Å². The van der Waals surface area contributed by atoms with Crippen LogP contribution in [0.1, 0.15) is 132 Å². The summed E-state index contributed by atoms with van der Waals surface area (Å²) in [6, 6.07) is -1.08. The first-order valence-electron chi connectivity index (χ1n) is 22.4. The lowest BCUT2D eigenvalue weighted by Gasteiger charge is -2.47. The Hall–Kier alpha value is -2.45. The molecule has 3 aliphatic heterocycles. The zero-order valence-corrected chi connectivity index (χ0v) is 37.9. The number of allylic oxidation sites excluding steroid dienone is 4. The Morgan fingerprint density at radius 2 is 1.56 bits per heavy atom. The molecule has 4 aliphatic rings. The van der Waals surface area contributed by atoms with Gasteiger partial charge in [-0.1, -0.05) is 63.5 Å². The molecule has 3 N–H and O–H groups in total. The van der Waals surface area contributed by atoms with Gasteiger partial charge in [0.25, 0.3) is 11.7 Å². The van der Waals surface area contributed by atoms with E-state index < -0.39 is 77.9 Å². The number of piperidine rings is 1. The molecule has 12 heteroatoms. The van der Waals surface area contributed by atoms with Crippen LogP contribution in [0, 0.1) is 29.6 Å². The van der Waals surface area contributed by atoms with Gasteiger partial charge < -0.3 is 43.9 Å². The van der Waals surface area contributed by atoms with Gasteiger partial charge in [0, 0.05) is 39.7 Å². The van der Waals surface area contributed by atoms with E-state index in [1.54, 1.807) is 28.3 Å². The zero-order chi connectivity index (χ0) is 43.8. The van der Waals surface area contributed by atoms with Crippen LogP contribution >= 0.6 is 0 Å². The summed E-state index contributed by atoms with van der Waals surface area (Å²) in [6.07, 6.45) is 6.90. The minimum absolute atomic E-state index is 0.0529. The van der Waals surface area contributed by atoms with Crippen molar-refractivity contribution < 1.29 is 53.4 Å². The monoisotopic (exact) mass is 832 g/mol. The fourth-order valence-corrected chi connectivity index (χ4v) is 10.2. The highest BCUT2D eigenvalue weighted by Crippen LogP contribution is 2.40. The lowest BCUT2D eigenvalue weighted by Crippen LogP contribution is -2.64. The first-order valence-corrected chi connectivity index (χ1v) is 22.4. The van der Waals surface area contributed by atoms with Crippen molar-refractivity contribution in [2.24, 2.45) is 29.6 Å². The zero-order valence-electron chi connectivity index (χ0n) is 37.9. The minimum Gasteiger partial charge on any atom is -0.456 e. The molecular formula is C47H77NO11. The van der Waals surface area contributed by atoms with Gasteiger partial charge in [0.05, 0.1) is 30.5 Å². The molecule has 3 fully saturated rings. The Labute approximate surface area is 354 Å². The van der Waals surface area contributed by atoms with E-state index in [-0.39, 0.29) is 43.2 Å². The quantitative estimate of drug-likeness (QED) is 0.144. The number of esters is 1. The average Bonchev–Trinajstić information content (AvgIpc) is 3.22. The number of ether oxygens (including phenoxy) is 5. The summed E-state index contributed by atoms with van der Waals surface area (Å²) in [6.45, 7) is 16.3. The van der Waals surface area contributed by atoms with Crippen LogP contribution < -0.4 is 0 Å². The number of ketones is 1. The molecule has 1 aliphatic carbocycles. The lowest BCUT2D eigenvalue weighted by molar-refractivity contribution is -0.302. The van der Waals surface area contributed by atoms with Crippen molar-refractivity contribution >= 4 is 17.7 Å². The molecule has 0 aromatic rings. The summed E-state index contributed by atoms with van der Waals surface area (Å²) < 4.78 is 30.2. The third-order valence-electron chi connectivity index (χ3n) is 14.0. The van der Waals surface area contributed by atoms with Crippen LogP contribution in [-0.2, 0) is 38.1 Å². The normalized spacial score (nSPS) is 40.1. The van der Waals surface area contributed by atoms with Crippen LogP contribution in [0.15, 0.2) is 34.4 Å². The smallest absolute Gasteiger partial charge is 0.329 e. The number of Topliss-reactive ketones (excluding diaryl/α,β-unsaturated/α-hetero) is 1. The lowest BCUT2D eigenvalue weighted by atomic mass is 9.80. The Kier molecular flexibility index (Phi) is 18.4. The van der Waals surface area contributed by atoms with Crippen LogP contribution in [0.2, 0.25) is 0 Å². The third kappa shape index (κ3) is 11.7. The number of aliphatic hydroxyl groups is 3. The Balaban J connectivity index is 1.83. The first-order chi connectivity index (χ1) is 27.9. The highest BCUT2D eigenvalue weighted by molar-refractivity contribution is 6.39. The number of nitrogens with zero attached hydrogens (tertiary/aromatic N) is 1. The van der Waals surface area contributed by atoms with Crippen molar-refractivity contribution in [3.8, 4) is 0 Å². The van der Waals surface area contributed by atoms with Crippen LogP contribution in [0.25, 0.3) is 0 Å². The highest BCUT2D eigenvalue weighted by atomic mass is 16.7. The third-order valence-corrected chi connectivity index (χ3v) is 14.0. The van der Waals surface area contributed by atoms with Crippen molar-refractivity contribution in [1.82, 2.24) is 4.90 Å². The molecule has 12 nitrogen and oxygen atoms in total. The highest BCUT2D eigenvalue weighted by Gasteiger charge is 2.56. The number of hydrogen-bond acceptors (Lipinski definition) is 11. The molecule has 1 amide bonds. The van der Waals surface area contributed by atoms with Crippen molar-refractivity contribution in [3.63, 3.8) is 0 Å². The second-order valence-corrected chi connectivity index (χ2v) is 18.3. The SMILES string of the molecule is CCC(C)=C1CC(O)C(C)C(C(C)=CC2CCC(O)C(OC)C2)OC(=O)C2CCCCN2C(=O)C(=O)C2(O)OC(C(OC)CC(C)CC(C)=CC1CC)C(OC)CC2C. The second kappa shape index (κ2) is 22.1. The van der Waals surface area contributed by atoms with Gasteiger partial charge in [-0.25, -0.2) is 4.79 Å². The van der Waals surface area contributed by atoms with Gasteiger partial charge in [0.15, 0.2) is 0 Å². The maximum Gasteiger partial charge on any atom is 0.329 e. The van der Waals surface area contributed by atoms with Crippen LogP contribution in [-0.4, -0.2) is 120 Å². The number of rotatable bonds is 7. The topological polar surface area (TPSA) is 161 Å². The molecule has 1 saturated carbocycles. The molecule has 4 rings (SSSR count). The fraction of sp³-hybridized carbons (Fsp3) is 0.809. The number of carbonyl (C=O) groups is 3. The summed E-state index contributed by atoms with van der Waals surface area (Å²) >= 11 is 0. The summed E-state index contributed by atoms with van der Waals surface area (Å²) in [5.41, 5.74) is 4.35.